The number of benzene rings is 1. The number of fused-ring (bicyclic) bond motifs is 1. The minimum atomic E-state index is -0.441. The SMILES string of the molecule is Cc1cc(F)ccc1NC(=O)C1CNN2C(C3CCNCC3)=CC(=O)NC12. The van der Waals surface area contributed by atoms with Crippen molar-refractivity contribution in [1.82, 2.24) is 21.1 Å². The molecule has 3 aliphatic heterocycles. The van der Waals surface area contributed by atoms with Crippen molar-refractivity contribution in [3.05, 3.63) is 41.4 Å². The fourth-order valence-corrected chi connectivity index (χ4v) is 4.06. The number of hydrogen-bond donors (Lipinski definition) is 4. The van der Waals surface area contributed by atoms with Crippen LogP contribution in [-0.2, 0) is 9.59 Å². The zero-order valence-electron chi connectivity index (χ0n) is 15.2. The molecule has 2 amide bonds. The summed E-state index contributed by atoms with van der Waals surface area (Å²) in [6.45, 7) is 4.03. The van der Waals surface area contributed by atoms with Crippen molar-refractivity contribution in [1.29, 1.82) is 0 Å². The molecule has 2 atom stereocenters. The van der Waals surface area contributed by atoms with E-state index in [1.54, 1.807) is 19.1 Å². The second-order valence-corrected chi connectivity index (χ2v) is 7.33. The van der Waals surface area contributed by atoms with Gasteiger partial charge in [-0.1, -0.05) is 0 Å². The van der Waals surface area contributed by atoms with Gasteiger partial charge in [0.1, 0.15) is 12.0 Å². The van der Waals surface area contributed by atoms with Gasteiger partial charge in [0, 0.05) is 29.9 Å². The van der Waals surface area contributed by atoms with Gasteiger partial charge in [0.25, 0.3) is 0 Å². The van der Waals surface area contributed by atoms with E-state index < -0.39 is 12.1 Å². The van der Waals surface area contributed by atoms with Crippen LogP contribution in [0.1, 0.15) is 18.4 Å². The highest BCUT2D eigenvalue weighted by atomic mass is 19.1. The van der Waals surface area contributed by atoms with Crippen molar-refractivity contribution in [3.8, 4) is 0 Å². The van der Waals surface area contributed by atoms with Crippen molar-refractivity contribution in [2.75, 3.05) is 25.0 Å². The van der Waals surface area contributed by atoms with Crippen molar-refractivity contribution < 1.29 is 14.0 Å². The van der Waals surface area contributed by atoms with Gasteiger partial charge in [-0.2, -0.15) is 0 Å². The van der Waals surface area contributed by atoms with E-state index in [-0.39, 0.29) is 17.6 Å². The van der Waals surface area contributed by atoms with Gasteiger partial charge in [0.2, 0.25) is 11.8 Å². The minimum Gasteiger partial charge on any atom is -0.330 e. The molecule has 2 fully saturated rings. The number of anilines is 1. The third-order valence-electron chi connectivity index (χ3n) is 5.53. The average molecular weight is 373 g/mol. The Labute approximate surface area is 157 Å². The molecule has 27 heavy (non-hydrogen) atoms. The summed E-state index contributed by atoms with van der Waals surface area (Å²) in [5.41, 5.74) is 5.47. The third kappa shape index (κ3) is 3.54. The molecule has 7 nitrogen and oxygen atoms in total. The number of hydrogen-bond acceptors (Lipinski definition) is 5. The lowest BCUT2D eigenvalue weighted by atomic mass is 9.92. The maximum absolute atomic E-state index is 13.3. The van der Waals surface area contributed by atoms with E-state index in [0.717, 1.165) is 31.6 Å². The lowest BCUT2D eigenvalue weighted by Crippen LogP contribution is -2.55. The molecule has 144 valence electrons. The first kappa shape index (κ1) is 17.9. The smallest absolute Gasteiger partial charge is 0.247 e. The normalized spacial score (nSPS) is 25.6. The van der Waals surface area contributed by atoms with Crippen LogP contribution in [0.15, 0.2) is 30.0 Å². The molecule has 1 aromatic carbocycles. The molecular formula is C19H24FN5O2. The topological polar surface area (TPSA) is 85.5 Å². The Morgan fingerprint density at radius 2 is 2.07 bits per heavy atom. The van der Waals surface area contributed by atoms with Gasteiger partial charge in [-0.15, -0.1) is 0 Å². The summed E-state index contributed by atoms with van der Waals surface area (Å²) < 4.78 is 13.3. The number of nitrogens with one attached hydrogen (secondary N) is 4. The number of carbonyl (C=O) groups is 2. The molecule has 3 heterocycles. The Morgan fingerprint density at radius 1 is 1.30 bits per heavy atom. The number of allylic oxidation sites excluding steroid dienone is 1. The lowest BCUT2D eigenvalue weighted by Gasteiger charge is -2.38. The number of rotatable bonds is 3. The zero-order chi connectivity index (χ0) is 19.0. The molecule has 0 saturated carbocycles. The predicted octanol–water partition coefficient (Wildman–Crippen LogP) is 0.848. The van der Waals surface area contributed by atoms with Gasteiger partial charge in [-0.05, 0) is 56.6 Å². The predicted molar refractivity (Wildman–Crippen MR) is 98.7 cm³/mol. The summed E-state index contributed by atoms with van der Waals surface area (Å²) in [6.07, 6.45) is 3.16. The number of piperidine rings is 1. The van der Waals surface area contributed by atoms with Crippen LogP contribution in [0.25, 0.3) is 0 Å². The molecule has 0 spiro atoms. The maximum atomic E-state index is 13.3. The third-order valence-corrected chi connectivity index (χ3v) is 5.53. The molecule has 0 aromatic heterocycles. The van der Waals surface area contributed by atoms with Crippen LogP contribution in [0.3, 0.4) is 0 Å². The molecule has 1 aromatic rings. The van der Waals surface area contributed by atoms with Crippen molar-refractivity contribution in [2.45, 2.75) is 25.9 Å². The summed E-state index contributed by atoms with van der Waals surface area (Å²) in [4.78, 5) is 25.1. The maximum Gasteiger partial charge on any atom is 0.247 e. The van der Waals surface area contributed by atoms with Gasteiger partial charge >= 0.3 is 0 Å². The molecule has 8 heteroatoms. The molecule has 4 N–H and O–H groups in total. The number of carbonyl (C=O) groups excluding carboxylic acids is 2. The van der Waals surface area contributed by atoms with Crippen molar-refractivity contribution in [3.63, 3.8) is 0 Å². The number of aryl methyl sites for hydroxylation is 1. The summed E-state index contributed by atoms with van der Waals surface area (Å²) in [7, 11) is 0. The van der Waals surface area contributed by atoms with E-state index in [0.29, 0.717) is 23.7 Å². The largest absolute Gasteiger partial charge is 0.330 e. The molecule has 0 bridgehead atoms. The van der Waals surface area contributed by atoms with Gasteiger partial charge in [0.15, 0.2) is 0 Å². The molecule has 3 aliphatic rings. The van der Waals surface area contributed by atoms with Crippen LogP contribution in [0.4, 0.5) is 10.1 Å². The first-order valence-corrected chi connectivity index (χ1v) is 9.35. The monoisotopic (exact) mass is 373 g/mol. The first-order valence-electron chi connectivity index (χ1n) is 9.35. The molecular weight excluding hydrogens is 349 g/mol. The van der Waals surface area contributed by atoms with Crippen molar-refractivity contribution in [2.24, 2.45) is 11.8 Å². The van der Waals surface area contributed by atoms with Gasteiger partial charge in [-0.25, -0.2) is 9.82 Å². The zero-order valence-corrected chi connectivity index (χ0v) is 15.2. The van der Waals surface area contributed by atoms with Crippen LogP contribution in [-0.4, -0.2) is 42.6 Å². The van der Waals surface area contributed by atoms with Crippen molar-refractivity contribution >= 4 is 17.5 Å². The number of nitrogens with zero attached hydrogens (tertiary/aromatic N) is 1. The number of halogens is 1. The van der Waals surface area contributed by atoms with Crippen LogP contribution < -0.4 is 21.4 Å². The van der Waals surface area contributed by atoms with E-state index >= 15 is 0 Å². The molecule has 0 aliphatic carbocycles. The Kier molecular flexibility index (Phi) is 4.84. The van der Waals surface area contributed by atoms with Crippen LogP contribution in [0, 0.1) is 24.6 Å². The second kappa shape index (κ2) is 7.28. The van der Waals surface area contributed by atoms with E-state index in [4.69, 9.17) is 0 Å². The average Bonchev–Trinajstić information content (AvgIpc) is 3.08. The molecule has 4 rings (SSSR count). The highest BCUT2D eigenvalue weighted by Gasteiger charge is 2.44. The molecule has 2 unspecified atom stereocenters. The molecule has 2 saturated heterocycles. The highest BCUT2D eigenvalue weighted by molar-refractivity contribution is 5.95. The summed E-state index contributed by atoms with van der Waals surface area (Å²) in [6, 6.07) is 4.26. The summed E-state index contributed by atoms with van der Waals surface area (Å²) >= 11 is 0. The second-order valence-electron chi connectivity index (χ2n) is 7.33. The van der Waals surface area contributed by atoms with Gasteiger partial charge < -0.3 is 16.0 Å². The number of hydrazine groups is 1. The Hall–Kier alpha value is -2.45. The van der Waals surface area contributed by atoms with Crippen LogP contribution in [0.5, 0.6) is 0 Å². The van der Waals surface area contributed by atoms with E-state index in [9.17, 15) is 14.0 Å². The van der Waals surface area contributed by atoms with E-state index in [2.05, 4.69) is 21.4 Å². The van der Waals surface area contributed by atoms with Crippen LogP contribution >= 0.6 is 0 Å². The number of amides is 2. The summed E-state index contributed by atoms with van der Waals surface area (Å²) in [5.74, 6) is -0.839. The Balaban J connectivity index is 1.50. The van der Waals surface area contributed by atoms with E-state index in [1.807, 2.05) is 5.01 Å². The summed E-state index contributed by atoms with van der Waals surface area (Å²) in [5, 5.41) is 11.0. The highest BCUT2D eigenvalue weighted by Crippen LogP contribution is 2.31. The lowest BCUT2D eigenvalue weighted by molar-refractivity contribution is -0.123. The fourth-order valence-electron chi connectivity index (χ4n) is 4.06. The quantitative estimate of drug-likeness (QED) is 0.631. The minimum absolute atomic E-state index is 0.163. The standard InChI is InChI=1S/C19H24FN5O2/c1-11-8-13(20)2-3-15(11)23-19(27)14-10-22-25-16(9-17(26)24-18(14)25)12-4-6-21-7-5-12/h2-3,8-9,12,14,18,21-22H,4-7,10H2,1H3,(H,23,27)(H,24,26). The fraction of sp³-hybridized carbons (Fsp3) is 0.474. The van der Waals surface area contributed by atoms with E-state index in [1.165, 1.54) is 12.1 Å². The Bertz CT molecular complexity index is 790. The first-order chi connectivity index (χ1) is 13.0. The molecule has 0 radical (unpaired) electrons. The Morgan fingerprint density at radius 3 is 2.81 bits per heavy atom. The van der Waals surface area contributed by atoms with Gasteiger partial charge in [-0.3, -0.25) is 14.6 Å². The van der Waals surface area contributed by atoms with Gasteiger partial charge in [0.05, 0.1) is 5.92 Å². The van der Waals surface area contributed by atoms with Crippen LogP contribution in [0.2, 0.25) is 0 Å².